The molecule has 1 rings (SSSR count). The first-order valence-electron chi connectivity index (χ1n) is 7.44. The van der Waals surface area contributed by atoms with Gasteiger partial charge in [-0.3, -0.25) is 9.56 Å². The molecule has 0 aliphatic heterocycles. The van der Waals surface area contributed by atoms with Crippen molar-refractivity contribution in [3.63, 3.8) is 0 Å². The summed E-state index contributed by atoms with van der Waals surface area (Å²) >= 11 is 0. The maximum atomic E-state index is 12.2. The van der Waals surface area contributed by atoms with Gasteiger partial charge in [0.2, 0.25) is 0 Å². The highest BCUT2D eigenvalue weighted by Crippen LogP contribution is 2.54. The molecule has 7 heteroatoms. The van der Waals surface area contributed by atoms with Crippen molar-refractivity contribution in [3.05, 3.63) is 11.4 Å². The second-order valence-corrected chi connectivity index (χ2v) is 7.04. The van der Waals surface area contributed by atoms with Crippen LogP contribution in [0.2, 0.25) is 0 Å². The van der Waals surface area contributed by atoms with Crippen molar-refractivity contribution >= 4 is 14.3 Å². The van der Waals surface area contributed by atoms with Gasteiger partial charge in [0.05, 0.1) is 30.9 Å². The summed E-state index contributed by atoms with van der Waals surface area (Å²) in [6.07, 6.45) is 3.25. The minimum absolute atomic E-state index is 0.0623. The van der Waals surface area contributed by atoms with Gasteiger partial charge in [-0.25, -0.2) is 0 Å². The summed E-state index contributed by atoms with van der Waals surface area (Å²) in [5.74, 6) is 0. The first-order chi connectivity index (χ1) is 9.89. The lowest BCUT2D eigenvalue weighted by atomic mass is 9.94. The standard InChI is InChI=1S/C14H27N2O4P/c1-5-10(6-2)20-13-9-11(21(17,18)19-7-3)8-12(16-4)14(13)15/h9-10,12-14H,4-8,15H2,1-3H3,(H,17,18)/t12?,13-,14?/m1/s1. The van der Waals surface area contributed by atoms with E-state index in [-0.39, 0.29) is 31.2 Å². The van der Waals surface area contributed by atoms with Crippen LogP contribution in [0.15, 0.2) is 16.4 Å². The van der Waals surface area contributed by atoms with Gasteiger partial charge < -0.3 is 19.9 Å². The quantitative estimate of drug-likeness (QED) is 0.529. The fourth-order valence-electron chi connectivity index (χ4n) is 2.43. The molecule has 0 aromatic heterocycles. The maximum absolute atomic E-state index is 12.2. The number of nitrogens with two attached hydrogens (primary N) is 1. The van der Waals surface area contributed by atoms with Crippen molar-refractivity contribution in [1.29, 1.82) is 0 Å². The third-order valence-corrected chi connectivity index (χ3v) is 5.43. The van der Waals surface area contributed by atoms with Crippen molar-refractivity contribution in [3.8, 4) is 0 Å². The van der Waals surface area contributed by atoms with Crippen molar-refractivity contribution < 1.29 is 18.7 Å². The molecule has 3 unspecified atom stereocenters. The average molecular weight is 318 g/mol. The SMILES string of the molecule is C=NC1CC(P(=O)(O)OCC)=C[C@@H](OC(CC)CC)C1N. The lowest BCUT2D eigenvalue weighted by Crippen LogP contribution is -2.48. The van der Waals surface area contributed by atoms with Gasteiger partial charge in [-0.1, -0.05) is 13.8 Å². The number of hydrogen-bond donors (Lipinski definition) is 2. The molecule has 122 valence electrons. The Morgan fingerprint density at radius 3 is 2.62 bits per heavy atom. The molecule has 21 heavy (non-hydrogen) atoms. The lowest BCUT2D eigenvalue weighted by Gasteiger charge is -2.35. The highest BCUT2D eigenvalue weighted by atomic mass is 31.2. The van der Waals surface area contributed by atoms with Crippen LogP contribution in [-0.4, -0.2) is 42.5 Å². The predicted octanol–water partition coefficient (Wildman–Crippen LogP) is 2.47. The van der Waals surface area contributed by atoms with E-state index in [1.165, 1.54) is 0 Å². The number of aliphatic imine (C=N–C) groups is 1. The zero-order chi connectivity index (χ0) is 16.0. The van der Waals surface area contributed by atoms with Gasteiger partial charge in [0.15, 0.2) is 0 Å². The number of ether oxygens (including phenoxy) is 1. The molecule has 1 aliphatic carbocycles. The molecule has 0 aromatic rings. The van der Waals surface area contributed by atoms with E-state index in [0.29, 0.717) is 5.31 Å². The molecule has 3 N–H and O–H groups in total. The van der Waals surface area contributed by atoms with Crippen LogP contribution >= 0.6 is 7.60 Å². The molecule has 0 fully saturated rings. The lowest BCUT2D eigenvalue weighted by molar-refractivity contribution is -0.00939. The smallest absolute Gasteiger partial charge is 0.354 e. The fourth-order valence-corrected chi connectivity index (χ4v) is 3.69. The van der Waals surface area contributed by atoms with Gasteiger partial charge in [0.25, 0.3) is 0 Å². The molecule has 4 atom stereocenters. The summed E-state index contributed by atoms with van der Waals surface area (Å²) in [6.45, 7) is 9.44. The van der Waals surface area contributed by atoms with E-state index in [1.54, 1.807) is 13.0 Å². The number of rotatable bonds is 8. The molecule has 0 saturated heterocycles. The summed E-state index contributed by atoms with van der Waals surface area (Å²) in [6, 6.07) is -0.709. The minimum Gasteiger partial charge on any atom is -0.369 e. The van der Waals surface area contributed by atoms with Crippen LogP contribution in [0.1, 0.15) is 40.0 Å². The fraction of sp³-hybridized carbons (Fsp3) is 0.786. The molecule has 0 spiro atoms. The monoisotopic (exact) mass is 318 g/mol. The molecule has 0 amide bonds. The van der Waals surface area contributed by atoms with E-state index in [9.17, 15) is 9.46 Å². The van der Waals surface area contributed by atoms with Crippen molar-refractivity contribution in [1.82, 2.24) is 0 Å². The Bertz CT molecular complexity index is 423. The van der Waals surface area contributed by atoms with Crippen LogP contribution in [0.3, 0.4) is 0 Å². The van der Waals surface area contributed by atoms with Gasteiger partial charge in [0.1, 0.15) is 0 Å². The van der Waals surface area contributed by atoms with Crippen LogP contribution in [-0.2, 0) is 13.8 Å². The third kappa shape index (κ3) is 4.73. The largest absolute Gasteiger partial charge is 0.369 e. The molecule has 1 aliphatic rings. The Hall–Kier alpha value is -0.520. The molecular formula is C14H27N2O4P. The normalized spacial score (nSPS) is 29.0. The third-order valence-electron chi connectivity index (χ3n) is 3.76. The van der Waals surface area contributed by atoms with E-state index in [0.717, 1.165) is 12.8 Å². The average Bonchev–Trinajstić information content (AvgIpc) is 2.45. The van der Waals surface area contributed by atoms with Gasteiger partial charge >= 0.3 is 7.60 Å². The molecular weight excluding hydrogens is 291 g/mol. The zero-order valence-electron chi connectivity index (χ0n) is 13.1. The van der Waals surface area contributed by atoms with Gasteiger partial charge in [-0.2, -0.15) is 0 Å². The first-order valence-corrected chi connectivity index (χ1v) is 9.02. The molecule has 0 heterocycles. The summed E-state index contributed by atoms with van der Waals surface area (Å²) in [5.41, 5.74) is 6.16. The molecule has 0 radical (unpaired) electrons. The van der Waals surface area contributed by atoms with Gasteiger partial charge in [-0.15, -0.1) is 0 Å². The van der Waals surface area contributed by atoms with Crippen molar-refractivity contribution in [2.24, 2.45) is 10.7 Å². The Morgan fingerprint density at radius 1 is 1.52 bits per heavy atom. The summed E-state index contributed by atoms with van der Waals surface area (Å²) in [5, 5.41) is 0.319. The van der Waals surface area contributed by atoms with Crippen LogP contribution in [0, 0.1) is 0 Å². The van der Waals surface area contributed by atoms with Crippen LogP contribution < -0.4 is 5.73 Å². The predicted molar refractivity (Wildman–Crippen MR) is 84.7 cm³/mol. The highest BCUT2D eigenvalue weighted by Gasteiger charge is 2.38. The second-order valence-electron chi connectivity index (χ2n) is 5.17. The van der Waals surface area contributed by atoms with Crippen LogP contribution in [0.4, 0.5) is 0 Å². The number of nitrogens with zero attached hydrogens (tertiary/aromatic N) is 1. The van der Waals surface area contributed by atoms with Gasteiger partial charge in [-0.05, 0) is 32.6 Å². The van der Waals surface area contributed by atoms with E-state index >= 15 is 0 Å². The Labute approximate surface area is 127 Å². The Balaban J connectivity index is 3.02. The first kappa shape index (κ1) is 18.5. The molecule has 0 aromatic carbocycles. The van der Waals surface area contributed by atoms with Crippen LogP contribution in [0.5, 0.6) is 0 Å². The zero-order valence-corrected chi connectivity index (χ0v) is 14.0. The highest BCUT2D eigenvalue weighted by molar-refractivity contribution is 7.57. The van der Waals surface area contributed by atoms with Crippen molar-refractivity contribution in [2.45, 2.75) is 64.3 Å². The van der Waals surface area contributed by atoms with Crippen molar-refractivity contribution in [2.75, 3.05) is 6.61 Å². The summed E-state index contributed by atoms with van der Waals surface area (Å²) < 4.78 is 23.2. The van der Waals surface area contributed by atoms with E-state index in [4.69, 9.17) is 15.0 Å². The topological polar surface area (TPSA) is 94.1 Å². The van der Waals surface area contributed by atoms with E-state index in [1.807, 2.05) is 13.8 Å². The maximum Gasteiger partial charge on any atom is 0.354 e. The molecule has 6 nitrogen and oxygen atoms in total. The number of hydrogen-bond acceptors (Lipinski definition) is 5. The second kappa shape index (κ2) is 8.20. The Kier molecular flexibility index (Phi) is 7.24. The summed E-state index contributed by atoms with van der Waals surface area (Å²) in [4.78, 5) is 14.0. The molecule has 0 saturated carbocycles. The van der Waals surface area contributed by atoms with Gasteiger partial charge in [0, 0.05) is 11.7 Å². The Morgan fingerprint density at radius 2 is 2.14 bits per heavy atom. The van der Waals surface area contributed by atoms with Crippen LogP contribution in [0.25, 0.3) is 0 Å². The van der Waals surface area contributed by atoms with E-state index < -0.39 is 13.7 Å². The summed E-state index contributed by atoms with van der Waals surface area (Å²) in [7, 11) is -3.80. The minimum atomic E-state index is -3.80. The van der Waals surface area contributed by atoms with E-state index in [2.05, 4.69) is 11.7 Å². The molecule has 0 bridgehead atoms.